The monoisotopic (exact) mass is 435 g/mol. The van der Waals surface area contributed by atoms with Crippen molar-refractivity contribution in [1.82, 2.24) is 4.98 Å². The Bertz CT molecular complexity index is 1370. The Morgan fingerprint density at radius 2 is 1.94 bits per heavy atom. The predicted octanol–water partition coefficient (Wildman–Crippen LogP) is 4.81. The van der Waals surface area contributed by atoms with Crippen LogP contribution in [0.3, 0.4) is 0 Å². The van der Waals surface area contributed by atoms with Gasteiger partial charge in [0.25, 0.3) is 0 Å². The molecule has 5 nitrogen and oxygen atoms in total. The van der Waals surface area contributed by atoms with E-state index in [1.807, 2.05) is 0 Å². The van der Waals surface area contributed by atoms with Crippen molar-refractivity contribution >= 4 is 28.2 Å². The number of carbonyl (C=O) groups excluding carboxylic acids is 2. The normalized spacial score (nSPS) is 24.1. The highest BCUT2D eigenvalue weighted by Gasteiger charge is 2.51. The maximum absolute atomic E-state index is 12.1. The summed E-state index contributed by atoms with van der Waals surface area (Å²) in [6.45, 7) is 3.47. The van der Waals surface area contributed by atoms with Gasteiger partial charge in [-0.3, -0.25) is 14.6 Å². The number of anilines is 1. The number of rotatable bonds is 2. The topological polar surface area (TPSA) is 74.1 Å². The van der Waals surface area contributed by atoms with Crippen LogP contribution in [0.5, 0.6) is 0 Å². The van der Waals surface area contributed by atoms with E-state index >= 15 is 0 Å². The van der Waals surface area contributed by atoms with Gasteiger partial charge >= 0.3 is 0 Å². The van der Waals surface area contributed by atoms with E-state index in [1.54, 1.807) is 6.20 Å². The molecule has 5 heteroatoms. The van der Waals surface area contributed by atoms with Gasteiger partial charge in [0.05, 0.1) is 22.7 Å². The molecule has 3 aliphatic rings. The van der Waals surface area contributed by atoms with Crippen molar-refractivity contribution in [3.63, 3.8) is 0 Å². The molecule has 0 amide bonds. The van der Waals surface area contributed by atoms with Crippen molar-refractivity contribution in [2.45, 2.75) is 38.5 Å². The van der Waals surface area contributed by atoms with Crippen LogP contribution in [0.15, 0.2) is 42.6 Å². The number of Topliss-reactive ketones (excluding diaryl/α,β-unsaturated/α-hetero) is 2. The first kappa shape index (κ1) is 20.1. The van der Waals surface area contributed by atoms with Gasteiger partial charge in [0.1, 0.15) is 6.07 Å². The summed E-state index contributed by atoms with van der Waals surface area (Å²) >= 11 is 0. The third kappa shape index (κ3) is 3.01. The lowest BCUT2D eigenvalue weighted by molar-refractivity contribution is -0.153. The van der Waals surface area contributed by atoms with Crippen molar-refractivity contribution in [1.29, 1.82) is 5.26 Å². The summed E-state index contributed by atoms with van der Waals surface area (Å²) in [7, 11) is 0. The Kier molecular flexibility index (Phi) is 4.58. The molecule has 0 bridgehead atoms. The highest BCUT2D eigenvalue weighted by atomic mass is 16.2. The first-order valence-corrected chi connectivity index (χ1v) is 11.8. The maximum Gasteiger partial charge on any atom is 0.204 e. The lowest BCUT2D eigenvalue weighted by Gasteiger charge is -2.43. The van der Waals surface area contributed by atoms with E-state index in [2.05, 4.69) is 59.3 Å². The molecule has 2 aliphatic carbocycles. The number of benzene rings is 2. The Morgan fingerprint density at radius 3 is 2.79 bits per heavy atom. The van der Waals surface area contributed by atoms with Crippen LogP contribution in [-0.4, -0.2) is 29.6 Å². The van der Waals surface area contributed by atoms with E-state index in [0.29, 0.717) is 31.0 Å². The summed E-state index contributed by atoms with van der Waals surface area (Å²) in [5.41, 5.74) is 7.51. The second-order valence-electron chi connectivity index (χ2n) is 9.71. The highest BCUT2D eigenvalue weighted by molar-refractivity contribution is 6.45. The number of nitriles is 1. The summed E-state index contributed by atoms with van der Waals surface area (Å²) in [5.74, 6) is -0.311. The molecule has 6 rings (SSSR count). The van der Waals surface area contributed by atoms with Crippen LogP contribution >= 0.6 is 0 Å². The third-order valence-electron chi connectivity index (χ3n) is 7.89. The highest BCUT2D eigenvalue weighted by Crippen LogP contribution is 2.42. The van der Waals surface area contributed by atoms with E-state index in [-0.39, 0.29) is 23.4 Å². The minimum absolute atomic E-state index is 0.134. The Labute approximate surface area is 193 Å². The van der Waals surface area contributed by atoms with E-state index < -0.39 is 0 Å². The Balaban J connectivity index is 1.44. The summed E-state index contributed by atoms with van der Waals surface area (Å²) in [4.78, 5) is 30.7. The van der Waals surface area contributed by atoms with Gasteiger partial charge in [-0.1, -0.05) is 37.3 Å². The van der Waals surface area contributed by atoms with E-state index in [1.165, 1.54) is 29.5 Å². The van der Waals surface area contributed by atoms with Gasteiger partial charge in [-0.25, -0.2) is 0 Å². The van der Waals surface area contributed by atoms with Crippen molar-refractivity contribution in [3.8, 4) is 17.2 Å². The summed E-state index contributed by atoms with van der Waals surface area (Å²) in [6.07, 6.45) is 5.89. The van der Waals surface area contributed by atoms with Crippen LogP contribution in [0.1, 0.15) is 48.8 Å². The van der Waals surface area contributed by atoms with Crippen molar-refractivity contribution in [3.05, 3.63) is 59.3 Å². The first-order valence-electron chi connectivity index (χ1n) is 11.8. The number of nitrogens with zero attached hydrogens (tertiary/aromatic N) is 3. The number of carbonyl (C=O) groups is 2. The van der Waals surface area contributed by atoms with Crippen molar-refractivity contribution in [2.24, 2.45) is 11.8 Å². The van der Waals surface area contributed by atoms with Gasteiger partial charge < -0.3 is 4.90 Å². The quantitative estimate of drug-likeness (QED) is 0.540. The zero-order valence-electron chi connectivity index (χ0n) is 18.7. The molecule has 2 aromatic carbocycles. The molecular formula is C28H25N3O2. The lowest BCUT2D eigenvalue weighted by Crippen LogP contribution is -2.57. The molecule has 2 fully saturated rings. The zero-order valence-corrected chi connectivity index (χ0v) is 18.7. The molecule has 3 atom stereocenters. The molecule has 164 valence electrons. The number of fused-ring (bicyclic) bond motifs is 3. The molecule has 1 aliphatic heterocycles. The van der Waals surface area contributed by atoms with Gasteiger partial charge in [-0.05, 0) is 59.9 Å². The fraction of sp³-hybridized carbons (Fsp3) is 0.357. The molecule has 0 N–H and O–H groups in total. The second-order valence-corrected chi connectivity index (χ2v) is 9.71. The van der Waals surface area contributed by atoms with Crippen LogP contribution in [0, 0.1) is 23.2 Å². The number of pyridine rings is 1. The van der Waals surface area contributed by atoms with Gasteiger partial charge in [-0.2, -0.15) is 5.26 Å². The number of hydrogen-bond donors (Lipinski definition) is 0. The molecule has 1 aromatic heterocycles. The maximum atomic E-state index is 12.1. The summed E-state index contributed by atoms with van der Waals surface area (Å²) in [5, 5.41) is 10.7. The number of aromatic nitrogens is 1. The average molecular weight is 436 g/mol. The van der Waals surface area contributed by atoms with E-state index in [9.17, 15) is 14.9 Å². The SMILES string of the molecule is CC1CCCc2cccc(-c3ccc4c(N5CC[C@H]6C(=O)C(=O)[C@H]6C5)c(C#N)cnc4c3)c21. The fourth-order valence-electron chi connectivity index (χ4n) is 6.18. The molecule has 2 heterocycles. The third-order valence-corrected chi connectivity index (χ3v) is 7.89. The standard InChI is InChI=1S/C28H25N3O2/c1-16-4-2-5-17-6-3-7-20(25(16)17)18-8-9-22-24(12-18)30-14-19(13-29)26(22)31-11-10-21-23(15-31)28(33)27(21)32/h3,6-9,12,14,16,21,23H,2,4-5,10-11,15H2,1H3/t16?,21-,23+/m1/s1. The van der Waals surface area contributed by atoms with Gasteiger partial charge in [0.15, 0.2) is 0 Å². The van der Waals surface area contributed by atoms with Gasteiger partial charge in [0, 0.05) is 30.6 Å². The molecule has 0 radical (unpaired) electrons. The smallest absolute Gasteiger partial charge is 0.204 e. The molecule has 33 heavy (non-hydrogen) atoms. The lowest BCUT2D eigenvalue weighted by atomic mass is 9.67. The van der Waals surface area contributed by atoms with E-state index in [4.69, 9.17) is 0 Å². The van der Waals surface area contributed by atoms with Crippen LogP contribution in [0.2, 0.25) is 0 Å². The number of hydrogen-bond acceptors (Lipinski definition) is 5. The molecule has 1 unspecified atom stereocenters. The summed E-state index contributed by atoms with van der Waals surface area (Å²) < 4.78 is 0. The predicted molar refractivity (Wildman–Crippen MR) is 127 cm³/mol. The number of ketones is 2. The molecule has 3 aromatic rings. The van der Waals surface area contributed by atoms with Crippen LogP contribution in [0.4, 0.5) is 5.69 Å². The Morgan fingerprint density at radius 1 is 1.09 bits per heavy atom. The zero-order chi connectivity index (χ0) is 22.7. The van der Waals surface area contributed by atoms with Crippen molar-refractivity contribution in [2.75, 3.05) is 18.0 Å². The van der Waals surface area contributed by atoms with E-state index in [0.717, 1.165) is 28.6 Å². The number of piperidine rings is 1. The Hall–Kier alpha value is -3.52. The first-order chi connectivity index (χ1) is 16.1. The summed E-state index contributed by atoms with van der Waals surface area (Å²) in [6, 6.07) is 15.2. The van der Waals surface area contributed by atoms with Crippen LogP contribution < -0.4 is 4.90 Å². The average Bonchev–Trinajstić information content (AvgIpc) is 2.86. The van der Waals surface area contributed by atoms with Gasteiger partial charge in [-0.15, -0.1) is 0 Å². The molecular weight excluding hydrogens is 410 g/mol. The minimum Gasteiger partial charge on any atom is -0.369 e. The fourth-order valence-corrected chi connectivity index (χ4v) is 6.18. The number of aryl methyl sites for hydroxylation is 1. The second kappa shape index (κ2) is 7.52. The van der Waals surface area contributed by atoms with Crippen molar-refractivity contribution < 1.29 is 9.59 Å². The molecule has 0 spiro atoms. The minimum atomic E-state index is -0.258. The van der Waals surface area contributed by atoms with Crippen LogP contribution in [0.25, 0.3) is 22.0 Å². The van der Waals surface area contributed by atoms with Gasteiger partial charge in [0.2, 0.25) is 11.6 Å². The largest absolute Gasteiger partial charge is 0.369 e. The van der Waals surface area contributed by atoms with Crippen LogP contribution in [-0.2, 0) is 16.0 Å². The molecule has 1 saturated carbocycles. The molecule has 1 saturated heterocycles.